The van der Waals surface area contributed by atoms with Crippen molar-refractivity contribution in [3.63, 3.8) is 0 Å². The number of hydrogen-bond acceptors (Lipinski definition) is 5. The van der Waals surface area contributed by atoms with Gasteiger partial charge in [-0.15, -0.1) is 0 Å². The number of nitro benzene ring substituents is 1. The second-order valence-electron chi connectivity index (χ2n) is 5.96. The molecule has 0 saturated carbocycles. The fourth-order valence-corrected chi connectivity index (χ4v) is 2.72. The topological polar surface area (TPSA) is 90.1 Å². The summed E-state index contributed by atoms with van der Waals surface area (Å²) in [4.78, 5) is 27.5. The predicted molar refractivity (Wildman–Crippen MR) is 98.2 cm³/mol. The van der Waals surface area contributed by atoms with E-state index in [0.29, 0.717) is 5.69 Å². The van der Waals surface area contributed by atoms with Crippen molar-refractivity contribution < 1.29 is 9.72 Å². The van der Waals surface area contributed by atoms with Crippen molar-refractivity contribution in [2.75, 3.05) is 5.32 Å². The number of rotatable bonds is 6. The summed E-state index contributed by atoms with van der Waals surface area (Å²) in [6.45, 7) is 1.92. The quantitative estimate of drug-likeness (QED) is 0.415. The lowest BCUT2D eigenvalue weighted by Crippen LogP contribution is -2.11. The van der Waals surface area contributed by atoms with Crippen molar-refractivity contribution in [3.05, 3.63) is 88.0 Å². The van der Waals surface area contributed by atoms with E-state index in [1.165, 1.54) is 12.3 Å². The molecule has 1 atom stereocenters. The number of aromatic nitrogens is 2. The minimum absolute atomic E-state index is 0.119. The van der Waals surface area contributed by atoms with Gasteiger partial charge in [0.25, 0.3) is 5.69 Å². The standard InChI is InChI=1S/C19H18N4O3/c1-13(14-6-4-3-5-7-14)21-16-9-8-15(12-17(16)23(25)26)18(24)19-20-10-11-22(19)2/h3-13,21H,1-2H3/t13-/m0/s1. The maximum Gasteiger partial charge on any atom is 0.293 e. The average molecular weight is 350 g/mol. The number of aryl methyl sites for hydroxylation is 1. The zero-order chi connectivity index (χ0) is 18.7. The second-order valence-corrected chi connectivity index (χ2v) is 5.96. The Kier molecular flexibility index (Phi) is 4.79. The molecule has 0 aliphatic rings. The first-order valence-corrected chi connectivity index (χ1v) is 8.09. The molecule has 0 aliphatic heterocycles. The Morgan fingerprint density at radius 1 is 1.23 bits per heavy atom. The Bertz CT molecular complexity index is 950. The molecule has 0 amide bonds. The minimum atomic E-state index is -0.491. The number of hydrogen-bond donors (Lipinski definition) is 1. The summed E-state index contributed by atoms with van der Waals surface area (Å²) < 4.78 is 1.58. The largest absolute Gasteiger partial charge is 0.373 e. The summed E-state index contributed by atoms with van der Waals surface area (Å²) in [5, 5.41) is 14.6. The lowest BCUT2D eigenvalue weighted by atomic mass is 10.1. The molecule has 1 N–H and O–H groups in total. The van der Waals surface area contributed by atoms with Crippen molar-refractivity contribution in [2.45, 2.75) is 13.0 Å². The molecular weight excluding hydrogens is 332 g/mol. The normalized spacial score (nSPS) is 11.8. The fourth-order valence-electron chi connectivity index (χ4n) is 2.72. The molecule has 7 heteroatoms. The van der Waals surface area contributed by atoms with Gasteiger partial charge < -0.3 is 9.88 Å². The summed E-state index contributed by atoms with van der Waals surface area (Å²) in [5.41, 5.74) is 1.45. The SMILES string of the molecule is C[C@H](Nc1ccc(C(=O)c2nccn2C)cc1[N+](=O)[O-])c1ccccc1. The summed E-state index contributed by atoms with van der Waals surface area (Å²) in [6, 6.07) is 13.9. The molecule has 1 heterocycles. The molecule has 0 fully saturated rings. The van der Waals surface area contributed by atoms with Gasteiger partial charge in [-0.25, -0.2) is 4.98 Å². The van der Waals surface area contributed by atoms with Gasteiger partial charge in [-0.2, -0.15) is 0 Å². The van der Waals surface area contributed by atoms with Crippen LogP contribution in [0, 0.1) is 10.1 Å². The van der Waals surface area contributed by atoms with E-state index in [-0.39, 0.29) is 28.9 Å². The highest BCUT2D eigenvalue weighted by Crippen LogP contribution is 2.29. The molecular formula is C19H18N4O3. The van der Waals surface area contributed by atoms with Crippen molar-refractivity contribution >= 4 is 17.2 Å². The van der Waals surface area contributed by atoms with Crippen LogP contribution in [0.1, 0.15) is 34.7 Å². The number of nitrogens with one attached hydrogen (secondary N) is 1. The smallest absolute Gasteiger partial charge is 0.293 e. The van der Waals surface area contributed by atoms with E-state index in [1.54, 1.807) is 29.9 Å². The Morgan fingerprint density at radius 2 is 1.96 bits per heavy atom. The van der Waals surface area contributed by atoms with Gasteiger partial charge in [0.15, 0.2) is 5.82 Å². The molecule has 3 aromatic rings. The highest BCUT2D eigenvalue weighted by Gasteiger charge is 2.21. The summed E-state index contributed by atoms with van der Waals surface area (Å²) in [5.74, 6) is -0.124. The number of imidazole rings is 1. The van der Waals surface area contributed by atoms with E-state index in [1.807, 2.05) is 37.3 Å². The van der Waals surface area contributed by atoms with E-state index >= 15 is 0 Å². The first-order chi connectivity index (χ1) is 12.5. The van der Waals surface area contributed by atoms with Crippen LogP contribution in [0.3, 0.4) is 0 Å². The molecule has 1 aromatic heterocycles. The molecule has 0 radical (unpaired) electrons. The fraction of sp³-hybridized carbons (Fsp3) is 0.158. The first-order valence-electron chi connectivity index (χ1n) is 8.09. The van der Waals surface area contributed by atoms with Crippen LogP contribution in [-0.2, 0) is 7.05 Å². The van der Waals surface area contributed by atoms with E-state index in [4.69, 9.17) is 0 Å². The molecule has 26 heavy (non-hydrogen) atoms. The van der Waals surface area contributed by atoms with Gasteiger partial charge in [0.2, 0.25) is 5.78 Å². The lowest BCUT2D eigenvalue weighted by molar-refractivity contribution is -0.384. The first kappa shape index (κ1) is 17.3. The number of benzene rings is 2. The maximum atomic E-state index is 12.5. The lowest BCUT2D eigenvalue weighted by Gasteiger charge is -2.16. The van der Waals surface area contributed by atoms with Crippen LogP contribution in [0.5, 0.6) is 0 Å². The molecule has 132 valence electrons. The zero-order valence-electron chi connectivity index (χ0n) is 14.4. The highest BCUT2D eigenvalue weighted by atomic mass is 16.6. The van der Waals surface area contributed by atoms with Crippen molar-refractivity contribution in [2.24, 2.45) is 7.05 Å². The van der Waals surface area contributed by atoms with Crippen LogP contribution >= 0.6 is 0 Å². The number of ketones is 1. The molecule has 0 spiro atoms. The van der Waals surface area contributed by atoms with Crippen LogP contribution in [0.15, 0.2) is 60.9 Å². The van der Waals surface area contributed by atoms with Crippen molar-refractivity contribution in [1.29, 1.82) is 0 Å². The summed E-state index contributed by atoms with van der Waals surface area (Å²) in [7, 11) is 1.70. The molecule has 0 saturated heterocycles. The third kappa shape index (κ3) is 3.46. The van der Waals surface area contributed by atoms with E-state index in [0.717, 1.165) is 5.56 Å². The average Bonchev–Trinajstić information content (AvgIpc) is 3.08. The van der Waals surface area contributed by atoms with Crippen LogP contribution in [-0.4, -0.2) is 20.3 Å². The monoisotopic (exact) mass is 350 g/mol. The number of anilines is 1. The Labute approximate surface area is 150 Å². The van der Waals surface area contributed by atoms with E-state index < -0.39 is 4.92 Å². The van der Waals surface area contributed by atoms with Crippen LogP contribution in [0.4, 0.5) is 11.4 Å². The zero-order valence-corrected chi connectivity index (χ0v) is 14.4. The predicted octanol–water partition coefficient (Wildman–Crippen LogP) is 3.73. The van der Waals surface area contributed by atoms with Gasteiger partial charge in [0.1, 0.15) is 5.69 Å². The summed E-state index contributed by atoms with van der Waals surface area (Å²) in [6.07, 6.45) is 3.16. The molecule has 0 unspecified atom stereocenters. The summed E-state index contributed by atoms with van der Waals surface area (Å²) >= 11 is 0. The number of nitrogens with zero attached hydrogens (tertiary/aromatic N) is 3. The van der Waals surface area contributed by atoms with Crippen molar-refractivity contribution in [3.8, 4) is 0 Å². The van der Waals surface area contributed by atoms with Crippen LogP contribution in [0.2, 0.25) is 0 Å². The van der Waals surface area contributed by atoms with E-state index in [9.17, 15) is 14.9 Å². The molecule has 7 nitrogen and oxygen atoms in total. The Morgan fingerprint density at radius 3 is 2.58 bits per heavy atom. The third-order valence-electron chi connectivity index (χ3n) is 4.15. The number of carbonyl (C=O) groups is 1. The van der Waals surface area contributed by atoms with Gasteiger partial charge in [-0.05, 0) is 24.6 Å². The molecule has 3 rings (SSSR count). The second kappa shape index (κ2) is 7.18. The number of nitro groups is 1. The Hall–Kier alpha value is -3.48. The maximum absolute atomic E-state index is 12.5. The molecule has 0 aliphatic carbocycles. The van der Waals surface area contributed by atoms with Gasteiger partial charge in [0, 0.05) is 37.1 Å². The third-order valence-corrected chi connectivity index (χ3v) is 4.15. The van der Waals surface area contributed by atoms with Gasteiger partial charge >= 0.3 is 0 Å². The molecule has 0 bridgehead atoms. The van der Waals surface area contributed by atoms with E-state index in [2.05, 4.69) is 10.3 Å². The van der Waals surface area contributed by atoms with Crippen LogP contribution in [0.25, 0.3) is 0 Å². The van der Waals surface area contributed by atoms with Crippen LogP contribution < -0.4 is 5.32 Å². The van der Waals surface area contributed by atoms with Gasteiger partial charge in [0.05, 0.1) is 4.92 Å². The van der Waals surface area contributed by atoms with Gasteiger partial charge in [-0.1, -0.05) is 30.3 Å². The molecule has 2 aromatic carbocycles. The highest BCUT2D eigenvalue weighted by molar-refractivity contribution is 6.07. The van der Waals surface area contributed by atoms with Crippen molar-refractivity contribution in [1.82, 2.24) is 9.55 Å². The number of carbonyl (C=O) groups excluding carboxylic acids is 1. The van der Waals surface area contributed by atoms with Gasteiger partial charge in [-0.3, -0.25) is 14.9 Å². The Balaban J connectivity index is 1.91. The minimum Gasteiger partial charge on any atom is -0.373 e.